The highest BCUT2D eigenvalue weighted by Gasteiger charge is 2.42. The highest BCUT2D eigenvalue weighted by atomic mass is 16.5. The molecule has 0 N–H and O–H groups in total. The fraction of sp³-hybridized carbons (Fsp3) is 0.933. The molecule has 5 nitrogen and oxygen atoms in total. The maximum Gasteiger partial charge on any atom is 0.223 e. The molecule has 3 aliphatic rings. The lowest BCUT2D eigenvalue weighted by molar-refractivity contribution is -0.131. The topological polar surface area (TPSA) is 42.0 Å². The minimum Gasteiger partial charge on any atom is -0.381 e. The maximum absolute atomic E-state index is 12.3. The van der Waals surface area contributed by atoms with Crippen LogP contribution in [0.2, 0.25) is 0 Å². The molecule has 114 valence electrons. The standard InChI is InChI=1S/C15H26N2O3/c1-19-14-8-12-10-17(11-13(12)9-14)15(18)2-3-16-4-6-20-7-5-16/h12-14H,2-11H2,1H3/t12-,13+,14?. The summed E-state index contributed by atoms with van der Waals surface area (Å²) in [5, 5.41) is 0. The Bertz CT molecular complexity index is 330. The first-order valence-electron chi connectivity index (χ1n) is 7.87. The Morgan fingerprint density at radius 3 is 2.45 bits per heavy atom. The average Bonchev–Trinajstić information content (AvgIpc) is 3.04. The molecule has 1 unspecified atom stereocenters. The molecule has 3 rings (SSSR count). The van der Waals surface area contributed by atoms with Gasteiger partial charge >= 0.3 is 0 Å². The van der Waals surface area contributed by atoms with Gasteiger partial charge in [-0.2, -0.15) is 0 Å². The second-order valence-corrected chi connectivity index (χ2v) is 6.35. The van der Waals surface area contributed by atoms with E-state index in [9.17, 15) is 4.79 Å². The van der Waals surface area contributed by atoms with E-state index in [0.29, 0.717) is 30.3 Å². The number of fused-ring (bicyclic) bond motifs is 1. The van der Waals surface area contributed by atoms with Crippen LogP contribution in [0.15, 0.2) is 0 Å². The monoisotopic (exact) mass is 282 g/mol. The molecule has 0 radical (unpaired) electrons. The molecule has 3 fully saturated rings. The van der Waals surface area contributed by atoms with Crippen molar-refractivity contribution in [3.63, 3.8) is 0 Å². The number of rotatable bonds is 4. The summed E-state index contributed by atoms with van der Waals surface area (Å²) in [7, 11) is 1.80. The van der Waals surface area contributed by atoms with Gasteiger partial charge in [-0.15, -0.1) is 0 Å². The van der Waals surface area contributed by atoms with Gasteiger partial charge in [0.05, 0.1) is 19.3 Å². The molecule has 0 bridgehead atoms. The van der Waals surface area contributed by atoms with Crippen LogP contribution in [0, 0.1) is 11.8 Å². The summed E-state index contributed by atoms with van der Waals surface area (Å²) in [6.07, 6.45) is 3.35. The SMILES string of the molecule is COC1C[C@@H]2CN(C(=O)CCN3CCOCC3)C[C@@H]2C1. The number of hydrogen-bond donors (Lipinski definition) is 0. The first-order valence-corrected chi connectivity index (χ1v) is 7.87. The molecule has 1 saturated carbocycles. The zero-order valence-corrected chi connectivity index (χ0v) is 12.4. The Morgan fingerprint density at radius 2 is 1.85 bits per heavy atom. The summed E-state index contributed by atoms with van der Waals surface area (Å²) >= 11 is 0. The maximum atomic E-state index is 12.3. The van der Waals surface area contributed by atoms with Gasteiger partial charge in [-0.1, -0.05) is 0 Å². The van der Waals surface area contributed by atoms with Crippen LogP contribution in [0.25, 0.3) is 0 Å². The molecule has 0 aromatic rings. The first kappa shape index (κ1) is 14.3. The molecule has 0 spiro atoms. The number of carbonyl (C=O) groups excluding carboxylic acids is 1. The zero-order valence-electron chi connectivity index (χ0n) is 12.4. The van der Waals surface area contributed by atoms with Gasteiger partial charge in [-0.05, 0) is 24.7 Å². The van der Waals surface area contributed by atoms with E-state index in [-0.39, 0.29) is 0 Å². The number of amides is 1. The predicted molar refractivity (Wildman–Crippen MR) is 75.5 cm³/mol. The number of hydrogen-bond acceptors (Lipinski definition) is 4. The van der Waals surface area contributed by atoms with Gasteiger partial charge in [0.1, 0.15) is 0 Å². The third-order valence-corrected chi connectivity index (χ3v) is 5.14. The van der Waals surface area contributed by atoms with Crippen molar-refractivity contribution in [2.45, 2.75) is 25.4 Å². The smallest absolute Gasteiger partial charge is 0.223 e. The zero-order chi connectivity index (χ0) is 13.9. The molecular formula is C15H26N2O3. The van der Waals surface area contributed by atoms with Crippen molar-refractivity contribution >= 4 is 5.91 Å². The molecule has 1 aliphatic carbocycles. The fourth-order valence-corrected chi connectivity index (χ4v) is 3.88. The van der Waals surface area contributed by atoms with Gasteiger partial charge in [0.2, 0.25) is 5.91 Å². The van der Waals surface area contributed by atoms with Crippen LogP contribution in [-0.2, 0) is 14.3 Å². The van der Waals surface area contributed by atoms with Gasteiger partial charge in [-0.25, -0.2) is 0 Å². The predicted octanol–water partition coefficient (Wildman–Crippen LogP) is 0.592. The van der Waals surface area contributed by atoms with Crippen LogP contribution in [0.4, 0.5) is 0 Å². The molecule has 5 heteroatoms. The normalized spacial score (nSPS) is 34.5. The van der Waals surface area contributed by atoms with E-state index >= 15 is 0 Å². The van der Waals surface area contributed by atoms with E-state index in [0.717, 1.165) is 58.8 Å². The molecule has 3 atom stereocenters. The third-order valence-electron chi connectivity index (χ3n) is 5.14. The highest BCUT2D eigenvalue weighted by molar-refractivity contribution is 5.76. The second kappa shape index (κ2) is 6.41. The largest absolute Gasteiger partial charge is 0.381 e. The average molecular weight is 282 g/mol. The van der Waals surface area contributed by atoms with Crippen LogP contribution < -0.4 is 0 Å². The van der Waals surface area contributed by atoms with E-state index in [1.165, 1.54) is 0 Å². The van der Waals surface area contributed by atoms with E-state index in [4.69, 9.17) is 9.47 Å². The first-order chi connectivity index (χ1) is 9.76. The molecule has 2 aliphatic heterocycles. The lowest BCUT2D eigenvalue weighted by atomic mass is 10.0. The van der Waals surface area contributed by atoms with Crippen LogP contribution in [0.3, 0.4) is 0 Å². The van der Waals surface area contributed by atoms with Crippen molar-refractivity contribution in [1.82, 2.24) is 9.80 Å². The van der Waals surface area contributed by atoms with Crippen molar-refractivity contribution in [3.8, 4) is 0 Å². The summed E-state index contributed by atoms with van der Waals surface area (Å²) in [6, 6.07) is 0. The number of nitrogens with zero attached hydrogens (tertiary/aromatic N) is 2. The van der Waals surface area contributed by atoms with Crippen molar-refractivity contribution < 1.29 is 14.3 Å². The summed E-state index contributed by atoms with van der Waals surface area (Å²) in [5.74, 6) is 1.68. The van der Waals surface area contributed by atoms with Crippen LogP contribution in [-0.4, -0.2) is 74.9 Å². The Hall–Kier alpha value is -0.650. The fourth-order valence-electron chi connectivity index (χ4n) is 3.88. The molecule has 1 amide bonds. The molecule has 2 heterocycles. The lowest BCUT2D eigenvalue weighted by Crippen LogP contribution is -2.39. The van der Waals surface area contributed by atoms with E-state index < -0.39 is 0 Å². The van der Waals surface area contributed by atoms with E-state index in [2.05, 4.69) is 9.80 Å². The van der Waals surface area contributed by atoms with Gasteiger partial charge < -0.3 is 14.4 Å². The van der Waals surface area contributed by atoms with Gasteiger partial charge in [-0.3, -0.25) is 9.69 Å². The highest BCUT2D eigenvalue weighted by Crippen LogP contribution is 2.39. The number of methoxy groups -OCH3 is 1. The summed E-state index contributed by atoms with van der Waals surface area (Å²) in [5.41, 5.74) is 0. The Balaban J connectivity index is 1.41. The molecular weight excluding hydrogens is 256 g/mol. The minimum absolute atomic E-state index is 0.333. The van der Waals surface area contributed by atoms with Crippen molar-refractivity contribution in [2.75, 3.05) is 53.0 Å². The van der Waals surface area contributed by atoms with Gasteiger partial charge in [0.25, 0.3) is 0 Å². The summed E-state index contributed by atoms with van der Waals surface area (Å²) < 4.78 is 10.8. The number of ether oxygens (including phenoxy) is 2. The van der Waals surface area contributed by atoms with Crippen molar-refractivity contribution in [1.29, 1.82) is 0 Å². The summed E-state index contributed by atoms with van der Waals surface area (Å²) in [4.78, 5) is 16.7. The summed E-state index contributed by atoms with van der Waals surface area (Å²) in [6.45, 7) is 6.33. The third kappa shape index (κ3) is 3.15. The van der Waals surface area contributed by atoms with E-state index in [1.54, 1.807) is 7.11 Å². The Kier molecular flexibility index (Phi) is 4.58. The van der Waals surface area contributed by atoms with Crippen LogP contribution in [0.5, 0.6) is 0 Å². The van der Waals surface area contributed by atoms with Gasteiger partial charge in [0, 0.05) is 46.3 Å². The minimum atomic E-state index is 0.333. The quantitative estimate of drug-likeness (QED) is 0.757. The van der Waals surface area contributed by atoms with Gasteiger partial charge in [0.15, 0.2) is 0 Å². The molecule has 0 aromatic heterocycles. The second-order valence-electron chi connectivity index (χ2n) is 6.35. The molecule has 2 saturated heterocycles. The van der Waals surface area contributed by atoms with Crippen LogP contribution in [0.1, 0.15) is 19.3 Å². The Morgan fingerprint density at radius 1 is 1.20 bits per heavy atom. The lowest BCUT2D eigenvalue weighted by Gasteiger charge is -2.27. The van der Waals surface area contributed by atoms with Crippen molar-refractivity contribution in [2.24, 2.45) is 11.8 Å². The molecule has 20 heavy (non-hydrogen) atoms. The number of carbonyl (C=O) groups is 1. The number of morpholine rings is 1. The van der Waals surface area contributed by atoms with Crippen molar-refractivity contribution in [3.05, 3.63) is 0 Å². The van der Waals surface area contributed by atoms with Crippen LogP contribution >= 0.6 is 0 Å². The number of likely N-dealkylation sites (tertiary alicyclic amines) is 1. The molecule has 0 aromatic carbocycles. The Labute approximate surface area is 121 Å². The van der Waals surface area contributed by atoms with E-state index in [1.807, 2.05) is 0 Å².